The van der Waals surface area contributed by atoms with Gasteiger partial charge in [0.25, 0.3) is 17.4 Å². The molecule has 5 rings (SSSR count). The van der Waals surface area contributed by atoms with Gasteiger partial charge in [-0.25, -0.2) is 0 Å². The predicted molar refractivity (Wildman–Crippen MR) is 132 cm³/mol. The lowest BCUT2D eigenvalue weighted by molar-refractivity contribution is -0.311. The molecule has 212 valence electrons. The fourth-order valence-electron chi connectivity index (χ4n) is 7.86. The summed E-state index contributed by atoms with van der Waals surface area (Å²) < 4.78 is 86.1. The van der Waals surface area contributed by atoms with Crippen molar-refractivity contribution in [1.29, 1.82) is 0 Å². The fraction of sp³-hybridized carbons (Fsp3) is 0.586. The van der Waals surface area contributed by atoms with Crippen LogP contribution in [0.2, 0.25) is 0 Å². The number of aryl methyl sites for hydroxylation is 1. The van der Waals surface area contributed by atoms with E-state index >= 15 is 0 Å². The first-order chi connectivity index (χ1) is 18.0. The third-order valence-corrected chi connectivity index (χ3v) is 9.98. The molecule has 4 aliphatic rings. The Labute approximate surface area is 223 Å². The lowest BCUT2D eigenvalue weighted by Gasteiger charge is -2.55. The topological polar surface area (TPSA) is 58.2 Å². The second-order valence-electron chi connectivity index (χ2n) is 12.2. The predicted octanol–water partition coefficient (Wildman–Crippen LogP) is 6.61. The van der Waals surface area contributed by atoms with Crippen molar-refractivity contribution in [1.82, 2.24) is 10.6 Å². The molecule has 2 amide bonds. The smallest absolute Gasteiger partial charge is 0.327 e. The molecule has 0 aromatic heterocycles. The van der Waals surface area contributed by atoms with Crippen molar-refractivity contribution < 1.29 is 35.9 Å². The summed E-state index contributed by atoms with van der Waals surface area (Å²) in [7, 11) is 0. The van der Waals surface area contributed by atoms with Crippen LogP contribution in [0, 0.1) is 35.5 Å². The maximum atomic E-state index is 14.3. The van der Waals surface area contributed by atoms with Crippen LogP contribution in [0.15, 0.2) is 47.7 Å². The first-order valence-electron chi connectivity index (χ1n) is 13.3. The van der Waals surface area contributed by atoms with Gasteiger partial charge in [0.1, 0.15) is 5.57 Å². The summed E-state index contributed by atoms with van der Waals surface area (Å²) in [6, 6.07) is 3.61. The molecule has 2 fully saturated rings. The molecular formula is C29H32F6N2O2. The minimum Gasteiger partial charge on any atom is -0.327 e. The summed E-state index contributed by atoms with van der Waals surface area (Å²) in [6.45, 7) is 5.63. The zero-order valence-corrected chi connectivity index (χ0v) is 22.0. The largest absolute Gasteiger partial charge is 0.424 e. The third-order valence-electron chi connectivity index (χ3n) is 9.98. The third kappa shape index (κ3) is 4.11. The van der Waals surface area contributed by atoms with Crippen molar-refractivity contribution in [3.8, 4) is 0 Å². The zero-order valence-electron chi connectivity index (χ0n) is 22.0. The molecule has 39 heavy (non-hydrogen) atoms. The van der Waals surface area contributed by atoms with Gasteiger partial charge in [-0.3, -0.25) is 9.59 Å². The van der Waals surface area contributed by atoms with Gasteiger partial charge in [0, 0.05) is 11.1 Å². The number of halogens is 6. The summed E-state index contributed by atoms with van der Waals surface area (Å²) in [5.41, 5.74) is -6.30. The van der Waals surface area contributed by atoms with Crippen molar-refractivity contribution in [3.63, 3.8) is 0 Å². The van der Waals surface area contributed by atoms with Gasteiger partial charge in [-0.1, -0.05) is 62.2 Å². The first-order valence-corrected chi connectivity index (χ1v) is 13.3. The fourth-order valence-corrected chi connectivity index (χ4v) is 7.86. The van der Waals surface area contributed by atoms with E-state index in [-0.39, 0.29) is 17.3 Å². The van der Waals surface area contributed by atoms with Crippen molar-refractivity contribution in [2.75, 3.05) is 0 Å². The Bertz CT molecular complexity index is 1230. The molecule has 0 saturated heterocycles. The quantitative estimate of drug-likeness (QED) is 0.326. The number of hydrogen-bond donors (Lipinski definition) is 2. The van der Waals surface area contributed by atoms with Crippen molar-refractivity contribution in [2.24, 2.45) is 28.6 Å². The molecule has 2 saturated carbocycles. The Morgan fingerprint density at radius 2 is 1.62 bits per heavy atom. The minimum atomic E-state index is -5.94. The maximum Gasteiger partial charge on any atom is 0.424 e. The van der Waals surface area contributed by atoms with Crippen LogP contribution in [-0.2, 0) is 15.1 Å². The number of allylic oxidation sites excluding steroid dienone is 2. The molecule has 0 radical (unpaired) electrons. The van der Waals surface area contributed by atoms with Crippen LogP contribution >= 0.6 is 0 Å². The monoisotopic (exact) mass is 554 g/mol. The number of alkyl halides is 6. The van der Waals surface area contributed by atoms with Crippen LogP contribution in [0.3, 0.4) is 0 Å². The SMILES string of the molecule is Cc1ccc(C(NC(=O)C2=C[C@@]3(C)C(=CC[C@@H]4[C@H]3CC[C@]3(C)CCC[C@@H]43)NC2=O)(C(F)(F)F)C(F)(F)F)cc1. The zero-order chi connectivity index (χ0) is 28.6. The van der Waals surface area contributed by atoms with E-state index in [2.05, 4.69) is 12.2 Å². The van der Waals surface area contributed by atoms with Crippen LogP contribution in [0.25, 0.3) is 0 Å². The lowest BCUT2D eigenvalue weighted by Crippen LogP contribution is -2.65. The molecule has 4 nitrogen and oxygen atoms in total. The second kappa shape index (κ2) is 8.86. The minimum absolute atomic E-state index is 0.00385. The standard InChI is InChI=1S/C29H32F6N2O2/c1-16-6-8-17(9-7-16)27(28(30,31)32,29(33,34)35)37-24(39)19-15-26(3)21-12-14-25(2)13-4-5-20(25)18(21)10-11-22(26)36-23(19)38/h6-9,11,15,18,20-21H,4-5,10,12-14H2,1-3H3,(H,36,38)(H,37,39)/t18-,20-,21+,25-,26+/m0/s1. The average Bonchev–Trinajstić information content (AvgIpc) is 3.23. The highest BCUT2D eigenvalue weighted by atomic mass is 19.4. The molecule has 1 aliphatic heterocycles. The first kappa shape index (κ1) is 27.8. The van der Waals surface area contributed by atoms with Gasteiger partial charge >= 0.3 is 12.4 Å². The number of rotatable bonds is 3. The van der Waals surface area contributed by atoms with Crippen LogP contribution in [0.4, 0.5) is 26.3 Å². The van der Waals surface area contributed by atoms with Crippen LogP contribution < -0.4 is 10.6 Å². The van der Waals surface area contributed by atoms with Gasteiger partial charge in [-0.05, 0) is 67.8 Å². The van der Waals surface area contributed by atoms with E-state index < -0.39 is 46.3 Å². The molecule has 5 atom stereocenters. The van der Waals surface area contributed by atoms with Gasteiger partial charge in [0.2, 0.25) is 0 Å². The lowest BCUT2D eigenvalue weighted by atomic mass is 9.50. The van der Waals surface area contributed by atoms with Gasteiger partial charge in [-0.2, -0.15) is 26.3 Å². The Balaban J connectivity index is 1.55. The highest BCUT2D eigenvalue weighted by Crippen LogP contribution is 2.63. The number of nitrogens with one attached hydrogen (secondary N) is 2. The molecule has 1 heterocycles. The van der Waals surface area contributed by atoms with Crippen molar-refractivity contribution in [3.05, 3.63) is 58.8 Å². The van der Waals surface area contributed by atoms with E-state index in [0.29, 0.717) is 29.3 Å². The summed E-state index contributed by atoms with van der Waals surface area (Å²) in [4.78, 5) is 26.3. The number of hydrogen-bond acceptors (Lipinski definition) is 2. The number of fused-ring (bicyclic) bond motifs is 5. The van der Waals surface area contributed by atoms with E-state index in [1.54, 1.807) is 0 Å². The Morgan fingerprint density at radius 1 is 0.974 bits per heavy atom. The summed E-state index contributed by atoms with van der Waals surface area (Å²) >= 11 is 0. The van der Waals surface area contributed by atoms with Crippen LogP contribution in [-0.4, -0.2) is 24.2 Å². The normalized spacial score (nSPS) is 32.7. The van der Waals surface area contributed by atoms with Crippen LogP contribution in [0.5, 0.6) is 0 Å². The Kier molecular flexibility index (Phi) is 6.31. The molecule has 1 aromatic carbocycles. The van der Waals surface area contributed by atoms with Gasteiger partial charge < -0.3 is 10.6 Å². The second-order valence-corrected chi connectivity index (χ2v) is 12.2. The van der Waals surface area contributed by atoms with Crippen LogP contribution in [0.1, 0.15) is 63.5 Å². The molecule has 2 N–H and O–H groups in total. The average molecular weight is 555 g/mol. The molecule has 0 unspecified atom stereocenters. The van der Waals surface area contributed by atoms with Crippen molar-refractivity contribution >= 4 is 11.8 Å². The van der Waals surface area contributed by atoms with Gasteiger partial charge in [-0.15, -0.1) is 0 Å². The number of benzene rings is 1. The number of carbonyl (C=O) groups excluding carboxylic acids is 2. The molecule has 0 spiro atoms. The summed E-state index contributed by atoms with van der Waals surface area (Å²) in [6.07, 6.45) is -2.86. The molecule has 3 aliphatic carbocycles. The van der Waals surface area contributed by atoms with E-state index in [1.807, 2.05) is 13.0 Å². The number of carbonyl (C=O) groups is 2. The highest BCUT2D eigenvalue weighted by molar-refractivity contribution is 6.20. The Hall–Kier alpha value is -2.78. The van der Waals surface area contributed by atoms with E-state index in [1.165, 1.54) is 18.3 Å². The maximum absolute atomic E-state index is 14.3. The van der Waals surface area contributed by atoms with Crippen molar-refractivity contribution in [2.45, 2.75) is 77.2 Å². The van der Waals surface area contributed by atoms with Gasteiger partial charge in [0.15, 0.2) is 0 Å². The van der Waals surface area contributed by atoms with E-state index in [9.17, 15) is 35.9 Å². The summed E-state index contributed by atoms with van der Waals surface area (Å²) in [5, 5.41) is 3.87. The highest BCUT2D eigenvalue weighted by Gasteiger charge is 2.73. The van der Waals surface area contributed by atoms with Gasteiger partial charge in [0.05, 0.1) is 0 Å². The molecular weight excluding hydrogens is 522 g/mol. The number of amides is 2. The van der Waals surface area contributed by atoms with E-state index in [0.717, 1.165) is 50.7 Å². The Morgan fingerprint density at radius 3 is 2.23 bits per heavy atom. The molecule has 10 heteroatoms. The van der Waals surface area contributed by atoms with E-state index in [4.69, 9.17) is 0 Å². The molecule has 1 aromatic rings. The summed E-state index contributed by atoms with van der Waals surface area (Å²) in [5.74, 6) is -2.03. The molecule has 0 bridgehead atoms.